The lowest BCUT2D eigenvalue weighted by Crippen LogP contribution is -2.29. The van der Waals surface area contributed by atoms with Crippen molar-refractivity contribution in [1.82, 2.24) is 10.2 Å². The van der Waals surface area contributed by atoms with E-state index in [2.05, 4.69) is 17.1 Å². The summed E-state index contributed by atoms with van der Waals surface area (Å²) in [5.41, 5.74) is 1.86. The van der Waals surface area contributed by atoms with Crippen molar-refractivity contribution >= 4 is 57.3 Å². The fourth-order valence-electron chi connectivity index (χ4n) is 4.65. The number of Topliss-reactive ketones (excluding diaryl/α,β-unsaturated/α-hetero) is 1. The lowest BCUT2D eigenvalue weighted by molar-refractivity contribution is -0.132. The molecule has 44 heavy (non-hydrogen) atoms. The Balaban J connectivity index is 1.53. The lowest BCUT2D eigenvalue weighted by Gasteiger charge is -2.23. The van der Waals surface area contributed by atoms with Crippen LogP contribution in [-0.4, -0.2) is 47.8 Å². The van der Waals surface area contributed by atoms with Crippen LogP contribution in [0, 0.1) is 0 Å². The van der Waals surface area contributed by atoms with Crippen molar-refractivity contribution < 1.29 is 28.9 Å². The highest BCUT2D eigenvalue weighted by atomic mass is 35.5. The van der Waals surface area contributed by atoms with Gasteiger partial charge in [-0.05, 0) is 66.1 Å². The molecule has 0 radical (unpaired) electrons. The smallest absolute Gasteiger partial charge is 0.301 e. The zero-order valence-electron chi connectivity index (χ0n) is 24.3. The van der Waals surface area contributed by atoms with Crippen molar-refractivity contribution in [2.75, 3.05) is 25.7 Å². The van der Waals surface area contributed by atoms with Crippen molar-refractivity contribution in [1.29, 1.82) is 0 Å². The van der Waals surface area contributed by atoms with Gasteiger partial charge in [-0.1, -0.05) is 66.2 Å². The number of ketones is 1. The summed E-state index contributed by atoms with van der Waals surface area (Å²) in [5.74, 6) is 0.163. The Hall–Kier alpha value is -4.06. The molecule has 4 aromatic rings. The van der Waals surface area contributed by atoms with Crippen LogP contribution in [-0.2, 0) is 15.3 Å². The molecule has 1 aliphatic rings. The standard InChI is InChI=1S/C32H30ClN3O6S2/c1-4-5-16-42-23-13-8-20(9-14-23)28(37)26-27(21-10-15-24(40-2)25(17-21)41-3)36(30(39)29(26)38)31-34-35-32(44-31)43-18-19-6-11-22(33)12-7-19/h6-15,17,27,37H,4-5,16,18H2,1-3H3/b28-26+. The monoisotopic (exact) mass is 651 g/mol. The fourth-order valence-corrected chi connectivity index (χ4v) is 6.60. The molecule has 2 heterocycles. The minimum absolute atomic E-state index is 0.0764. The van der Waals surface area contributed by atoms with Gasteiger partial charge in [0.2, 0.25) is 5.13 Å². The molecule has 1 saturated heterocycles. The first-order valence-corrected chi connectivity index (χ1v) is 16.0. The Kier molecular flexibility index (Phi) is 10.1. The number of hydrogen-bond donors (Lipinski definition) is 1. The van der Waals surface area contributed by atoms with E-state index in [-0.39, 0.29) is 16.5 Å². The summed E-state index contributed by atoms with van der Waals surface area (Å²) >= 11 is 8.64. The van der Waals surface area contributed by atoms with Crippen molar-refractivity contribution in [3.63, 3.8) is 0 Å². The number of nitrogens with zero attached hydrogens (tertiary/aromatic N) is 3. The zero-order valence-corrected chi connectivity index (χ0v) is 26.7. The molecule has 1 unspecified atom stereocenters. The fraction of sp³-hybridized carbons (Fsp3) is 0.250. The predicted molar refractivity (Wildman–Crippen MR) is 172 cm³/mol. The van der Waals surface area contributed by atoms with E-state index in [0.29, 0.717) is 50.1 Å². The van der Waals surface area contributed by atoms with Crippen LogP contribution >= 0.6 is 34.7 Å². The predicted octanol–water partition coefficient (Wildman–Crippen LogP) is 7.31. The molecule has 0 bridgehead atoms. The Bertz CT molecular complexity index is 1670. The van der Waals surface area contributed by atoms with Gasteiger partial charge in [-0.3, -0.25) is 14.5 Å². The third-order valence-corrected chi connectivity index (χ3v) is 9.32. The molecule has 0 spiro atoms. The number of aliphatic hydroxyl groups is 1. The van der Waals surface area contributed by atoms with Gasteiger partial charge in [0.05, 0.1) is 32.4 Å². The Morgan fingerprint density at radius 1 is 1.00 bits per heavy atom. The van der Waals surface area contributed by atoms with Gasteiger partial charge in [0.15, 0.2) is 15.8 Å². The number of thioether (sulfide) groups is 1. The first kappa shape index (κ1) is 31.4. The molecule has 1 aromatic heterocycles. The molecule has 1 aliphatic heterocycles. The van der Waals surface area contributed by atoms with Gasteiger partial charge in [-0.25, -0.2) is 0 Å². The molecule has 9 nitrogen and oxygen atoms in total. The summed E-state index contributed by atoms with van der Waals surface area (Å²) in [4.78, 5) is 28.5. The summed E-state index contributed by atoms with van der Waals surface area (Å²) in [7, 11) is 3.02. The maximum atomic E-state index is 13.6. The number of hydrogen-bond acceptors (Lipinski definition) is 10. The van der Waals surface area contributed by atoms with E-state index in [1.54, 1.807) is 42.5 Å². The molecule has 3 aromatic carbocycles. The Morgan fingerprint density at radius 2 is 1.73 bits per heavy atom. The highest BCUT2D eigenvalue weighted by Gasteiger charge is 2.48. The molecule has 1 N–H and O–H groups in total. The van der Waals surface area contributed by atoms with E-state index < -0.39 is 17.7 Å². The average molecular weight is 652 g/mol. The van der Waals surface area contributed by atoms with E-state index in [1.165, 1.54) is 42.2 Å². The number of benzene rings is 3. The van der Waals surface area contributed by atoms with Crippen molar-refractivity contribution in [2.45, 2.75) is 35.9 Å². The van der Waals surface area contributed by atoms with Crippen LogP contribution in [0.25, 0.3) is 5.76 Å². The number of rotatable bonds is 12. The van der Waals surface area contributed by atoms with Crippen LogP contribution in [0.4, 0.5) is 5.13 Å². The summed E-state index contributed by atoms with van der Waals surface area (Å²) in [6, 6.07) is 18.3. The topological polar surface area (TPSA) is 111 Å². The van der Waals surface area contributed by atoms with Gasteiger partial charge < -0.3 is 19.3 Å². The molecule has 1 fully saturated rings. The van der Waals surface area contributed by atoms with Gasteiger partial charge in [-0.2, -0.15) is 0 Å². The van der Waals surface area contributed by atoms with Crippen LogP contribution in [0.3, 0.4) is 0 Å². The number of aromatic nitrogens is 2. The summed E-state index contributed by atoms with van der Waals surface area (Å²) < 4.78 is 17.3. The summed E-state index contributed by atoms with van der Waals surface area (Å²) in [5, 5.41) is 20.9. The van der Waals surface area contributed by atoms with E-state index in [4.69, 9.17) is 25.8 Å². The molecular weight excluding hydrogens is 622 g/mol. The van der Waals surface area contributed by atoms with Crippen molar-refractivity contribution in [3.05, 3.63) is 94.0 Å². The highest BCUT2D eigenvalue weighted by molar-refractivity contribution is 8.00. The number of unbranched alkanes of at least 4 members (excludes halogenated alkanes) is 1. The molecule has 0 saturated carbocycles. The summed E-state index contributed by atoms with van der Waals surface area (Å²) in [6.07, 6.45) is 1.93. The largest absolute Gasteiger partial charge is 0.507 e. The quantitative estimate of drug-likeness (QED) is 0.0421. The van der Waals surface area contributed by atoms with Crippen LogP contribution in [0.2, 0.25) is 5.02 Å². The van der Waals surface area contributed by atoms with Crippen LogP contribution in [0.1, 0.15) is 42.5 Å². The normalized spacial score (nSPS) is 15.9. The van der Waals surface area contributed by atoms with Crippen molar-refractivity contribution in [3.8, 4) is 17.2 Å². The van der Waals surface area contributed by atoms with Gasteiger partial charge in [-0.15, -0.1) is 10.2 Å². The van der Waals surface area contributed by atoms with Crippen LogP contribution in [0.5, 0.6) is 17.2 Å². The number of amides is 1. The van der Waals surface area contributed by atoms with Gasteiger partial charge in [0, 0.05) is 16.3 Å². The van der Waals surface area contributed by atoms with Crippen LogP contribution < -0.4 is 19.1 Å². The summed E-state index contributed by atoms with van der Waals surface area (Å²) in [6.45, 7) is 2.66. The average Bonchev–Trinajstić information content (AvgIpc) is 3.62. The number of ether oxygens (including phenoxy) is 3. The molecule has 1 atom stereocenters. The molecule has 0 aliphatic carbocycles. The maximum Gasteiger partial charge on any atom is 0.301 e. The third kappa shape index (κ3) is 6.69. The Morgan fingerprint density at radius 3 is 2.41 bits per heavy atom. The number of aliphatic hydroxyl groups excluding tert-OH is 1. The maximum absolute atomic E-state index is 13.6. The highest BCUT2D eigenvalue weighted by Crippen LogP contribution is 2.45. The number of carbonyl (C=O) groups is 2. The third-order valence-electron chi connectivity index (χ3n) is 6.94. The second-order valence-corrected chi connectivity index (χ2v) is 12.4. The second kappa shape index (κ2) is 14.1. The van der Waals surface area contributed by atoms with E-state index in [9.17, 15) is 14.7 Å². The zero-order chi connectivity index (χ0) is 31.2. The second-order valence-electron chi connectivity index (χ2n) is 9.78. The number of halogens is 1. The first-order chi connectivity index (χ1) is 21.3. The van der Waals surface area contributed by atoms with Gasteiger partial charge in [0.1, 0.15) is 11.5 Å². The molecule has 5 rings (SSSR count). The molecule has 1 amide bonds. The lowest BCUT2D eigenvalue weighted by atomic mass is 9.95. The molecular formula is C32H30ClN3O6S2. The van der Waals surface area contributed by atoms with E-state index in [1.807, 2.05) is 24.3 Å². The van der Waals surface area contributed by atoms with E-state index in [0.717, 1.165) is 18.4 Å². The SMILES string of the molecule is CCCCOc1ccc(/C(O)=C2\C(=O)C(=O)N(c3nnc(SCc4ccc(Cl)cc4)s3)C2c2ccc(OC)c(OC)c2)cc1. The Labute approximate surface area is 268 Å². The first-order valence-electron chi connectivity index (χ1n) is 13.8. The van der Waals surface area contributed by atoms with Gasteiger partial charge >= 0.3 is 5.91 Å². The molecule has 12 heteroatoms. The van der Waals surface area contributed by atoms with Gasteiger partial charge in [0.25, 0.3) is 5.78 Å². The number of anilines is 1. The molecule has 228 valence electrons. The van der Waals surface area contributed by atoms with Crippen LogP contribution in [0.15, 0.2) is 76.6 Å². The van der Waals surface area contributed by atoms with E-state index >= 15 is 0 Å². The number of methoxy groups -OCH3 is 2. The minimum Gasteiger partial charge on any atom is -0.507 e. The number of carbonyl (C=O) groups excluding carboxylic acids is 2. The van der Waals surface area contributed by atoms with Crippen molar-refractivity contribution in [2.24, 2.45) is 0 Å². The minimum atomic E-state index is -1.00.